The predicted octanol–water partition coefficient (Wildman–Crippen LogP) is 3.42. The lowest BCUT2D eigenvalue weighted by Gasteiger charge is -2.22. The first-order valence-electron chi connectivity index (χ1n) is 7.28. The van der Waals surface area contributed by atoms with Gasteiger partial charge in [-0.1, -0.05) is 47.6 Å². The summed E-state index contributed by atoms with van der Waals surface area (Å²) in [5.41, 5.74) is 1.01. The largest absolute Gasteiger partial charge is 0.465 e. The monoisotopic (exact) mass is 311 g/mol. The first-order valence-corrected chi connectivity index (χ1v) is 7.28. The normalized spacial score (nSPS) is 12.3. The highest BCUT2D eigenvalue weighted by molar-refractivity contribution is 5.83. The third kappa shape index (κ3) is 3.15. The Hall–Kier alpha value is -2.89. The number of rotatable bonds is 4. The lowest BCUT2D eigenvalue weighted by Crippen LogP contribution is -2.31. The van der Waals surface area contributed by atoms with Gasteiger partial charge < -0.3 is 9.63 Å². The minimum atomic E-state index is -1.04. The van der Waals surface area contributed by atoms with E-state index in [-0.39, 0.29) is 0 Å². The van der Waals surface area contributed by atoms with Gasteiger partial charge in [0.2, 0.25) is 5.89 Å². The smallest absolute Gasteiger partial charge is 0.407 e. The number of hydrogen-bond acceptors (Lipinski definition) is 4. The molecule has 3 rings (SSSR count). The van der Waals surface area contributed by atoms with Crippen LogP contribution in [0.2, 0.25) is 0 Å². The van der Waals surface area contributed by atoms with Crippen LogP contribution in [0.3, 0.4) is 0 Å². The summed E-state index contributed by atoms with van der Waals surface area (Å²) in [6.07, 6.45) is -0.568. The molecule has 1 amide bonds. The highest BCUT2D eigenvalue weighted by Gasteiger charge is 2.26. The number of aromatic nitrogens is 2. The van der Waals surface area contributed by atoms with Crippen molar-refractivity contribution in [2.75, 3.05) is 7.05 Å². The molecule has 0 bridgehead atoms. The molecule has 3 aromatic rings. The number of aryl methyl sites for hydroxylation is 1. The van der Waals surface area contributed by atoms with Crippen molar-refractivity contribution in [1.82, 2.24) is 15.0 Å². The molecule has 0 fully saturated rings. The van der Waals surface area contributed by atoms with Crippen LogP contribution in [0.15, 0.2) is 47.0 Å². The molecule has 118 valence electrons. The molecule has 0 saturated carbocycles. The molecule has 0 aliphatic heterocycles. The molecule has 1 aromatic heterocycles. The van der Waals surface area contributed by atoms with Crippen LogP contribution in [0, 0.1) is 6.92 Å². The molecule has 2 aromatic carbocycles. The Balaban J connectivity index is 1.94. The van der Waals surface area contributed by atoms with Gasteiger partial charge in [0.15, 0.2) is 5.82 Å². The summed E-state index contributed by atoms with van der Waals surface area (Å²) in [4.78, 5) is 16.7. The number of likely N-dealkylation sites (N-methyl/N-ethyl adjacent to an activating group) is 1. The molecular weight excluding hydrogens is 294 g/mol. The van der Waals surface area contributed by atoms with Crippen LogP contribution in [-0.2, 0) is 6.42 Å². The summed E-state index contributed by atoms with van der Waals surface area (Å²) in [7, 11) is 1.51. The van der Waals surface area contributed by atoms with Crippen LogP contribution in [-0.4, -0.2) is 33.3 Å². The Labute approximate surface area is 133 Å². The zero-order valence-electron chi connectivity index (χ0n) is 12.9. The Bertz CT molecular complexity index is 844. The number of amides is 1. The average molecular weight is 311 g/mol. The molecule has 0 unspecified atom stereocenters. The maximum atomic E-state index is 11.4. The van der Waals surface area contributed by atoms with Crippen molar-refractivity contribution >= 4 is 16.9 Å². The Morgan fingerprint density at radius 1 is 1.26 bits per heavy atom. The van der Waals surface area contributed by atoms with E-state index in [9.17, 15) is 9.90 Å². The zero-order chi connectivity index (χ0) is 16.4. The lowest BCUT2D eigenvalue weighted by molar-refractivity contribution is 0.127. The van der Waals surface area contributed by atoms with Gasteiger partial charge in [-0.2, -0.15) is 4.98 Å². The molecule has 0 radical (unpaired) electrons. The summed E-state index contributed by atoms with van der Waals surface area (Å²) < 4.78 is 5.19. The summed E-state index contributed by atoms with van der Waals surface area (Å²) in [6, 6.07) is 13.6. The average Bonchev–Trinajstić information content (AvgIpc) is 2.98. The fourth-order valence-corrected chi connectivity index (χ4v) is 2.56. The van der Waals surface area contributed by atoms with Gasteiger partial charge in [-0.15, -0.1) is 0 Å². The van der Waals surface area contributed by atoms with Crippen LogP contribution in [0.5, 0.6) is 0 Å². The second-order valence-electron chi connectivity index (χ2n) is 5.47. The van der Waals surface area contributed by atoms with Crippen molar-refractivity contribution < 1.29 is 14.4 Å². The van der Waals surface area contributed by atoms with Gasteiger partial charge >= 0.3 is 6.09 Å². The first kappa shape index (κ1) is 15.0. The van der Waals surface area contributed by atoms with Crippen molar-refractivity contribution in [3.05, 3.63) is 59.7 Å². The van der Waals surface area contributed by atoms with E-state index >= 15 is 0 Å². The number of fused-ring (bicyclic) bond motifs is 1. The van der Waals surface area contributed by atoms with Crippen LogP contribution < -0.4 is 0 Å². The lowest BCUT2D eigenvalue weighted by atomic mass is 10.0. The van der Waals surface area contributed by atoms with E-state index in [0.29, 0.717) is 18.1 Å². The third-order valence-electron chi connectivity index (χ3n) is 3.84. The van der Waals surface area contributed by atoms with E-state index in [1.165, 1.54) is 11.9 Å². The zero-order valence-corrected chi connectivity index (χ0v) is 12.9. The molecule has 6 heteroatoms. The SMILES string of the molecule is Cc1noc([C@@H](Cc2ccc3ccccc3c2)N(C)C(=O)O)n1. The van der Waals surface area contributed by atoms with E-state index in [4.69, 9.17) is 4.52 Å². The summed E-state index contributed by atoms with van der Waals surface area (Å²) in [6.45, 7) is 1.71. The molecule has 1 atom stereocenters. The highest BCUT2D eigenvalue weighted by Crippen LogP contribution is 2.25. The molecule has 6 nitrogen and oxygen atoms in total. The molecule has 0 aliphatic rings. The number of nitrogens with zero attached hydrogens (tertiary/aromatic N) is 3. The van der Waals surface area contributed by atoms with Crippen LogP contribution in [0.4, 0.5) is 4.79 Å². The quantitative estimate of drug-likeness (QED) is 0.798. The molecule has 1 heterocycles. The van der Waals surface area contributed by atoms with E-state index in [0.717, 1.165) is 16.3 Å². The Morgan fingerprint density at radius 3 is 2.65 bits per heavy atom. The van der Waals surface area contributed by atoms with Gasteiger partial charge in [-0.25, -0.2) is 4.79 Å². The summed E-state index contributed by atoms with van der Waals surface area (Å²) in [5, 5.41) is 15.3. The second kappa shape index (κ2) is 6.08. The highest BCUT2D eigenvalue weighted by atomic mass is 16.5. The van der Waals surface area contributed by atoms with Crippen molar-refractivity contribution in [3.63, 3.8) is 0 Å². The maximum Gasteiger partial charge on any atom is 0.407 e. The maximum absolute atomic E-state index is 11.4. The van der Waals surface area contributed by atoms with Gasteiger partial charge in [0.05, 0.1) is 0 Å². The predicted molar refractivity (Wildman–Crippen MR) is 85.2 cm³/mol. The van der Waals surface area contributed by atoms with Gasteiger partial charge in [-0.05, 0) is 23.3 Å². The molecule has 0 saturated heterocycles. The van der Waals surface area contributed by atoms with Crippen LogP contribution >= 0.6 is 0 Å². The molecule has 0 aliphatic carbocycles. The third-order valence-corrected chi connectivity index (χ3v) is 3.84. The number of hydrogen-bond donors (Lipinski definition) is 1. The van der Waals surface area contributed by atoms with Gasteiger partial charge in [0.25, 0.3) is 0 Å². The summed E-state index contributed by atoms with van der Waals surface area (Å²) >= 11 is 0. The van der Waals surface area contributed by atoms with Crippen molar-refractivity contribution in [2.24, 2.45) is 0 Å². The molecule has 0 spiro atoms. The molecule has 1 N–H and O–H groups in total. The number of benzene rings is 2. The van der Waals surface area contributed by atoms with E-state index in [1.807, 2.05) is 36.4 Å². The Kier molecular flexibility index (Phi) is 3.97. The molecular formula is C17H17N3O3. The first-order chi connectivity index (χ1) is 11.0. The van der Waals surface area contributed by atoms with Crippen LogP contribution in [0.1, 0.15) is 23.3 Å². The number of carboxylic acid groups (broad SMARTS) is 1. The minimum absolute atomic E-state index is 0.306. The second-order valence-corrected chi connectivity index (χ2v) is 5.47. The Morgan fingerprint density at radius 2 is 2.00 bits per heavy atom. The van der Waals surface area contributed by atoms with Gasteiger partial charge in [0, 0.05) is 13.5 Å². The summed E-state index contributed by atoms with van der Waals surface area (Å²) in [5.74, 6) is 0.794. The van der Waals surface area contributed by atoms with Gasteiger partial charge in [0.1, 0.15) is 6.04 Å². The molecule has 23 heavy (non-hydrogen) atoms. The standard InChI is InChI=1S/C17H17N3O3/c1-11-18-16(23-19-11)15(20(2)17(21)22)10-12-7-8-13-5-3-4-6-14(13)9-12/h3-9,15H,10H2,1-2H3,(H,21,22)/t15-/m1/s1. The van der Waals surface area contributed by atoms with E-state index < -0.39 is 12.1 Å². The van der Waals surface area contributed by atoms with Gasteiger partial charge in [-0.3, -0.25) is 4.90 Å². The van der Waals surface area contributed by atoms with E-state index in [2.05, 4.69) is 16.2 Å². The number of carbonyl (C=O) groups is 1. The minimum Gasteiger partial charge on any atom is -0.465 e. The van der Waals surface area contributed by atoms with Crippen LogP contribution in [0.25, 0.3) is 10.8 Å². The van der Waals surface area contributed by atoms with E-state index in [1.54, 1.807) is 6.92 Å². The topological polar surface area (TPSA) is 79.5 Å². The van der Waals surface area contributed by atoms with Crippen molar-refractivity contribution in [1.29, 1.82) is 0 Å². The van der Waals surface area contributed by atoms with Crippen molar-refractivity contribution in [3.8, 4) is 0 Å². The fourth-order valence-electron chi connectivity index (χ4n) is 2.56. The van der Waals surface area contributed by atoms with Crippen molar-refractivity contribution in [2.45, 2.75) is 19.4 Å². The fraction of sp³-hybridized carbons (Fsp3) is 0.235.